The van der Waals surface area contributed by atoms with Crippen molar-refractivity contribution in [3.05, 3.63) is 12.2 Å². The van der Waals surface area contributed by atoms with E-state index in [0.29, 0.717) is 0 Å². The molecule has 1 saturated heterocycles. The van der Waals surface area contributed by atoms with E-state index in [0.717, 1.165) is 6.08 Å². The summed E-state index contributed by atoms with van der Waals surface area (Å²) in [6, 6.07) is -1.25. The average molecular weight is 303 g/mol. The van der Waals surface area contributed by atoms with Crippen molar-refractivity contribution in [3.8, 4) is 0 Å². The summed E-state index contributed by atoms with van der Waals surface area (Å²) in [5, 5.41) is 0. The van der Waals surface area contributed by atoms with Gasteiger partial charge in [0, 0.05) is 5.92 Å². The van der Waals surface area contributed by atoms with E-state index in [4.69, 9.17) is 0 Å². The maximum atomic E-state index is 13.2. The fourth-order valence-corrected chi connectivity index (χ4v) is 2.95. The van der Waals surface area contributed by atoms with Gasteiger partial charge < -0.3 is 4.74 Å². The Balaban J connectivity index is 2.58. The number of ether oxygens (including phenoxy) is 1. The highest BCUT2D eigenvalue weighted by atomic mass is 19.4. The molecule has 1 heterocycles. The summed E-state index contributed by atoms with van der Waals surface area (Å²) in [6.45, 7) is 1.01. The van der Waals surface area contributed by atoms with Crippen LogP contribution in [0.4, 0.5) is 31.1 Å². The monoisotopic (exact) mass is 303 g/mol. The number of halogens is 6. The second-order valence-electron chi connectivity index (χ2n) is 4.63. The van der Waals surface area contributed by atoms with Gasteiger partial charge >= 0.3 is 18.4 Å². The first-order valence-electron chi connectivity index (χ1n) is 5.85. The van der Waals surface area contributed by atoms with Crippen LogP contribution in [0, 0.1) is 5.92 Å². The van der Waals surface area contributed by atoms with Crippen molar-refractivity contribution in [3.63, 3.8) is 0 Å². The van der Waals surface area contributed by atoms with Crippen molar-refractivity contribution in [1.29, 1.82) is 0 Å². The molecule has 1 fully saturated rings. The third kappa shape index (κ3) is 1.71. The molecule has 0 aromatic rings. The summed E-state index contributed by atoms with van der Waals surface area (Å²) in [4.78, 5) is 11.4. The topological polar surface area (TPSA) is 29.5 Å². The highest BCUT2D eigenvalue weighted by molar-refractivity contribution is 5.71. The predicted molar refractivity (Wildman–Crippen MR) is 54.7 cm³/mol. The third-order valence-corrected chi connectivity index (χ3v) is 3.64. The maximum absolute atomic E-state index is 13.2. The smallest absolute Gasteiger partial charge is 0.421 e. The standard InChI is InChI=1S/C11H11F6NO2/c1-2-20-8(19)18-7-4-3-6(5-7)9(18,10(12,13)14)11(15,16)17/h3-4,6-7H,2,5H2,1H3/t6-,7+/m1/s1. The zero-order valence-corrected chi connectivity index (χ0v) is 10.3. The number of hydrogen-bond acceptors (Lipinski definition) is 2. The van der Waals surface area contributed by atoms with Gasteiger partial charge in [0.25, 0.3) is 0 Å². The molecule has 1 amide bonds. The van der Waals surface area contributed by atoms with Gasteiger partial charge in [0.2, 0.25) is 5.54 Å². The lowest BCUT2D eigenvalue weighted by molar-refractivity contribution is -0.337. The van der Waals surface area contributed by atoms with Crippen LogP contribution in [0.15, 0.2) is 12.2 Å². The van der Waals surface area contributed by atoms with E-state index < -0.39 is 42.4 Å². The van der Waals surface area contributed by atoms with Crippen LogP contribution in [0.5, 0.6) is 0 Å². The van der Waals surface area contributed by atoms with Gasteiger partial charge in [0.15, 0.2) is 0 Å². The number of nitrogens with zero attached hydrogens (tertiary/aromatic N) is 1. The Hall–Kier alpha value is -1.41. The molecule has 0 N–H and O–H groups in total. The molecule has 0 saturated carbocycles. The van der Waals surface area contributed by atoms with E-state index in [9.17, 15) is 31.1 Å². The first kappa shape index (κ1) is 15.0. The zero-order chi connectivity index (χ0) is 15.3. The lowest BCUT2D eigenvalue weighted by atomic mass is 9.83. The molecule has 1 aliphatic heterocycles. The molecule has 2 atom stereocenters. The molecule has 1 aliphatic carbocycles. The Labute approximate surface area is 110 Å². The Morgan fingerprint density at radius 3 is 2.25 bits per heavy atom. The van der Waals surface area contributed by atoms with Crippen LogP contribution in [0.3, 0.4) is 0 Å². The molecule has 20 heavy (non-hydrogen) atoms. The maximum Gasteiger partial charge on any atom is 0.421 e. The minimum absolute atomic E-state index is 0.207. The number of rotatable bonds is 1. The van der Waals surface area contributed by atoms with Gasteiger partial charge in [-0.3, -0.25) is 4.90 Å². The lowest BCUT2D eigenvalue weighted by Gasteiger charge is -2.45. The Morgan fingerprint density at radius 1 is 1.25 bits per heavy atom. The molecule has 0 unspecified atom stereocenters. The molecule has 0 radical (unpaired) electrons. The number of carbonyl (C=O) groups excluding carboxylic acids is 1. The van der Waals surface area contributed by atoms with E-state index in [1.807, 2.05) is 0 Å². The van der Waals surface area contributed by atoms with Crippen LogP contribution >= 0.6 is 0 Å². The molecule has 0 spiro atoms. The molecule has 114 valence electrons. The summed E-state index contributed by atoms with van der Waals surface area (Å²) in [5.74, 6) is -1.84. The fraction of sp³-hybridized carbons (Fsp3) is 0.727. The quantitative estimate of drug-likeness (QED) is 0.549. The fourth-order valence-electron chi connectivity index (χ4n) is 2.95. The molecule has 2 aliphatic rings. The Bertz CT molecular complexity index is 427. The van der Waals surface area contributed by atoms with Crippen molar-refractivity contribution < 1.29 is 35.9 Å². The third-order valence-electron chi connectivity index (χ3n) is 3.64. The van der Waals surface area contributed by atoms with E-state index in [1.54, 1.807) is 0 Å². The Kier molecular flexibility index (Phi) is 3.22. The second kappa shape index (κ2) is 4.29. The van der Waals surface area contributed by atoms with Gasteiger partial charge in [-0.05, 0) is 13.3 Å². The number of alkyl halides is 6. The highest BCUT2D eigenvalue weighted by Crippen LogP contribution is 2.60. The number of likely N-dealkylation sites (tertiary alicyclic amines) is 1. The number of fused-ring (bicyclic) bond motifs is 2. The van der Waals surface area contributed by atoms with Crippen LogP contribution in [-0.4, -0.2) is 41.5 Å². The summed E-state index contributed by atoms with van der Waals surface area (Å²) < 4.78 is 83.7. The van der Waals surface area contributed by atoms with Gasteiger partial charge in [-0.1, -0.05) is 12.2 Å². The van der Waals surface area contributed by atoms with Crippen molar-refractivity contribution in [1.82, 2.24) is 4.90 Å². The summed E-state index contributed by atoms with van der Waals surface area (Å²) in [5.41, 5.74) is -4.20. The van der Waals surface area contributed by atoms with E-state index in [-0.39, 0.29) is 11.5 Å². The van der Waals surface area contributed by atoms with Crippen LogP contribution < -0.4 is 0 Å². The van der Waals surface area contributed by atoms with E-state index in [1.165, 1.54) is 13.0 Å². The van der Waals surface area contributed by atoms with Crippen LogP contribution in [-0.2, 0) is 4.74 Å². The molecule has 0 aromatic carbocycles. The Morgan fingerprint density at radius 2 is 1.80 bits per heavy atom. The SMILES string of the molecule is CCOC(=O)N1[C@H]2C=C[C@H](C2)C1(C(F)(F)F)C(F)(F)F. The van der Waals surface area contributed by atoms with Crippen LogP contribution in [0.2, 0.25) is 0 Å². The minimum Gasteiger partial charge on any atom is -0.450 e. The lowest BCUT2D eigenvalue weighted by Crippen LogP contribution is -2.70. The van der Waals surface area contributed by atoms with Crippen molar-refractivity contribution in [2.75, 3.05) is 6.61 Å². The van der Waals surface area contributed by atoms with E-state index >= 15 is 0 Å². The zero-order valence-electron chi connectivity index (χ0n) is 10.3. The number of hydrogen-bond donors (Lipinski definition) is 0. The van der Waals surface area contributed by atoms with Gasteiger partial charge in [-0.25, -0.2) is 4.79 Å². The minimum atomic E-state index is -5.64. The highest BCUT2D eigenvalue weighted by Gasteiger charge is 2.82. The van der Waals surface area contributed by atoms with Crippen molar-refractivity contribution >= 4 is 6.09 Å². The van der Waals surface area contributed by atoms with Crippen LogP contribution in [0.25, 0.3) is 0 Å². The summed E-state index contributed by atoms with van der Waals surface area (Å²) in [7, 11) is 0. The molecule has 3 nitrogen and oxygen atoms in total. The number of carbonyl (C=O) groups is 1. The first-order chi connectivity index (χ1) is 9.07. The average Bonchev–Trinajstić information content (AvgIpc) is 2.84. The molecular weight excluding hydrogens is 292 g/mol. The molecule has 2 bridgehead atoms. The first-order valence-corrected chi connectivity index (χ1v) is 5.85. The van der Waals surface area contributed by atoms with E-state index in [2.05, 4.69) is 4.74 Å². The second-order valence-corrected chi connectivity index (χ2v) is 4.63. The molecule has 2 rings (SSSR count). The predicted octanol–water partition coefficient (Wildman–Crippen LogP) is 3.27. The summed E-state index contributed by atoms with van der Waals surface area (Å²) >= 11 is 0. The number of amides is 1. The van der Waals surface area contributed by atoms with Crippen molar-refractivity contribution in [2.45, 2.75) is 37.3 Å². The van der Waals surface area contributed by atoms with Gasteiger partial charge in [0.1, 0.15) is 0 Å². The van der Waals surface area contributed by atoms with Crippen molar-refractivity contribution in [2.24, 2.45) is 5.92 Å². The molecule has 0 aromatic heterocycles. The van der Waals surface area contributed by atoms with Crippen LogP contribution in [0.1, 0.15) is 13.3 Å². The largest absolute Gasteiger partial charge is 0.450 e. The normalized spacial score (nSPS) is 28.1. The van der Waals surface area contributed by atoms with Gasteiger partial charge in [-0.2, -0.15) is 26.3 Å². The summed E-state index contributed by atoms with van der Waals surface area (Å²) in [6.07, 6.45) is -11.2. The molecular formula is C11H11F6NO2. The molecule has 9 heteroatoms. The van der Waals surface area contributed by atoms with Gasteiger partial charge in [0.05, 0.1) is 12.6 Å². The van der Waals surface area contributed by atoms with Gasteiger partial charge in [-0.15, -0.1) is 0 Å².